The van der Waals surface area contributed by atoms with Gasteiger partial charge in [-0.05, 0) is 43.0 Å². The first-order chi connectivity index (χ1) is 14.1. The molecule has 0 aliphatic heterocycles. The summed E-state index contributed by atoms with van der Waals surface area (Å²) in [7, 11) is 0. The summed E-state index contributed by atoms with van der Waals surface area (Å²) < 4.78 is 0. The highest BCUT2D eigenvalue weighted by Crippen LogP contribution is 2.15. The molecule has 0 spiro atoms. The first-order valence-corrected chi connectivity index (χ1v) is 10.3. The van der Waals surface area contributed by atoms with Crippen molar-refractivity contribution in [2.45, 2.75) is 45.8 Å². The third-order valence-electron chi connectivity index (χ3n) is 4.35. The van der Waals surface area contributed by atoms with Gasteiger partial charge in [0.1, 0.15) is 0 Å². The molecule has 0 aromatic heterocycles. The molecule has 0 saturated carbocycles. The second-order valence-electron chi connectivity index (χ2n) is 6.84. The molecule has 30 heavy (non-hydrogen) atoms. The maximum Gasteiger partial charge on any atom is 0.224 e. The van der Waals surface area contributed by atoms with E-state index in [1.54, 1.807) is 0 Å². The minimum atomic E-state index is -0.505. The van der Waals surface area contributed by atoms with Crippen LogP contribution in [0.1, 0.15) is 50.3 Å². The van der Waals surface area contributed by atoms with Crippen LogP contribution in [-0.4, -0.2) is 30.1 Å². The quantitative estimate of drug-likeness (QED) is 0.213. The molecule has 0 bridgehead atoms. The number of hydrogen-bond acceptors (Lipinski definition) is 3. The molecule has 1 atom stereocenters. The summed E-state index contributed by atoms with van der Waals surface area (Å²) in [5.74, 6) is 0.730. The minimum absolute atomic E-state index is 0. The second-order valence-corrected chi connectivity index (χ2v) is 6.84. The lowest BCUT2D eigenvalue weighted by molar-refractivity contribution is -0.116. The maximum atomic E-state index is 11.8. The van der Waals surface area contributed by atoms with Crippen LogP contribution in [0.5, 0.6) is 0 Å². The van der Waals surface area contributed by atoms with E-state index in [4.69, 9.17) is 0 Å². The summed E-state index contributed by atoms with van der Waals surface area (Å²) in [4.78, 5) is 16.4. The van der Waals surface area contributed by atoms with E-state index >= 15 is 0 Å². The van der Waals surface area contributed by atoms with Gasteiger partial charge in [0.05, 0.1) is 12.6 Å². The van der Waals surface area contributed by atoms with Gasteiger partial charge in [0.2, 0.25) is 5.91 Å². The van der Waals surface area contributed by atoms with E-state index in [0.29, 0.717) is 31.9 Å². The Morgan fingerprint density at radius 1 is 1.07 bits per heavy atom. The van der Waals surface area contributed by atoms with Gasteiger partial charge in [-0.25, -0.2) is 4.99 Å². The number of hydrogen-bond donors (Lipinski definition) is 4. The van der Waals surface area contributed by atoms with Crippen molar-refractivity contribution in [1.82, 2.24) is 10.6 Å². The fraction of sp³-hybridized carbons (Fsp3) is 0.391. The standard InChI is InChI=1S/C23H32N4O2.HI/c1-3-9-22(29)27-20-13-8-10-18(16-20)17-26-23(24-4-2)25-15-14-21(28)19-11-6-5-7-12-19;/h5-8,10-13,16,21,28H,3-4,9,14-15,17H2,1-2H3,(H,27,29)(H2,24,25,26);1H. The second kappa shape index (κ2) is 14.8. The summed E-state index contributed by atoms with van der Waals surface area (Å²) >= 11 is 0. The molecular formula is C23H33IN4O2. The molecule has 1 amide bonds. The van der Waals surface area contributed by atoms with E-state index in [1.165, 1.54) is 0 Å². The van der Waals surface area contributed by atoms with Gasteiger partial charge in [-0.2, -0.15) is 0 Å². The Bertz CT molecular complexity index is 784. The molecule has 2 aromatic rings. The Kier molecular flexibility index (Phi) is 12.8. The average molecular weight is 524 g/mol. The molecule has 0 aliphatic carbocycles. The number of benzene rings is 2. The summed E-state index contributed by atoms with van der Waals surface area (Å²) in [6.45, 7) is 5.85. The highest BCUT2D eigenvalue weighted by molar-refractivity contribution is 14.0. The molecule has 0 heterocycles. The van der Waals surface area contributed by atoms with Gasteiger partial charge in [-0.3, -0.25) is 4.79 Å². The number of halogens is 1. The van der Waals surface area contributed by atoms with Gasteiger partial charge < -0.3 is 21.1 Å². The van der Waals surface area contributed by atoms with E-state index < -0.39 is 6.10 Å². The third-order valence-corrected chi connectivity index (χ3v) is 4.35. The molecule has 6 nitrogen and oxygen atoms in total. The van der Waals surface area contributed by atoms with Crippen LogP contribution in [0.4, 0.5) is 5.69 Å². The van der Waals surface area contributed by atoms with Crippen molar-refractivity contribution in [3.8, 4) is 0 Å². The van der Waals surface area contributed by atoms with Gasteiger partial charge in [0, 0.05) is 25.2 Å². The molecule has 4 N–H and O–H groups in total. The number of aliphatic imine (C=N–C) groups is 1. The number of amides is 1. The number of guanidine groups is 1. The van der Waals surface area contributed by atoms with Crippen molar-refractivity contribution >= 4 is 41.5 Å². The van der Waals surface area contributed by atoms with E-state index in [2.05, 4.69) is 20.9 Å². The van der Waals surface area contributed by atoms with E-state index in [9.17, 15) is 9.90 Å². The number of anilines is 1. The van der Waals surface area contributed by atoms with Crippen molar-refractivity contribution in [2.24, 2.45) is 4.99 Å². The summed E-state index contributed by atoms with van der Waals surface area (Å²) in [6, 6.07) is 17.4. The topological polar surface area (TPSA) is 85.8 Å². The van der Waals surface area contributed by atoms with Gasteiger partial charge >= 0.3 is 0 Å². The van der Waals surface area contributed by atoms with E-state index in [0.717, 1.165) is 29.8 Å². The minimum Gasteiger partial charge on any atom is -0.388 e. The van der Waals surface area contributed by atoms with Crippen LogP contribution in [0.25, 0.3) is 0 Å². The number of nitrogens with one attached hydrogen (secondary N) is 3. The molecule has 7 heteroatoms. The zero-order chi connectivity index (χ0) is 20.9. The number of rotatable bonds is 10. The molecule has 0 radical (unpaired) electrons. The highest BCUT2D eigenvalue weighted by atomic mass is 127. The Hall–Kier alpha value is -2.13. The number of carbonyl (C=O) groups is 1. The van der Waals surface area contributed by atoms with Crippen molar-refractivity contribution in [3.05, 3.63) is 65.7 Å². The Balaban J connectivity index is 0.00000450. The Morgan fingerprint density at radius 2 is 1.83 bits per heavy atom. The van der Waals surface area contributed by atoms with Crippen LogP contribution >= 0.6 is 24.0 Å². The summed E-state index contributed by atoms with van der Waals surface area (Å²) in [5, 5.41) is 19.7. The number of aliphatic hydroxyl groups is 1. The lowest BCUT2D eigenvalue weighted by Gasteiger charge is -2.14. The van der Waals surface area contributed by atoms with Crippen molar-refractivity contribution < 1.29 is 9.90 Å². The van der Waals surface area contributed by atoms with Crippen LogP contribution in [0.2, 0.25) is 0 Å². The highest BCUT2D eigenvalue weighted by Gasteiger charge is 2.07. The van der Waals surface area contributed by atoms with Gasteiger partial charge in [-0.15, -0.1) is 24.0 Å². The predicted molar refractivity (Wildman–Crippen MR) is 134 cm³/mol. The molecule has 164 valence electrons. The Morgan fingerprint density at radius 3 is 2.53 bits per heavy atom. The van der Waals surface area contributed by atoms with Crippen LogP contribution in [0.3, 0.4) is 0 Å². The largest absolute Gasteiger partial charge is 0.388 e. The fourth-order valence-corrected chi connectivity index (χ4v) is 2.88. The molecule has 2 rings (SSSR count). The van der Waals surface area contributed by atoms with E-state index in [-0.39, 0.29) is 29.9 Å². The monoisotopic (exact) mass is 524 g/mol. The first-order valence-electron chi connectivity index (χ1n) is 10.3. The smallest absolute Gasteiger partial charge is 0.224 e. The summed E-state index contributed by atoms with van der Waals surface area (Å²) in [5.41, 5.74) is 2.72. The molecular weight excluding hydrogens is 491 g/mol. The fourth-order valence-electron chi connectivity index (χ4n) is 2.88. The Labute approximate surface area is 196 Å². The van der Waals surface area contributed by atoms with Crippen LogP contribution < -0.4 is 16.0 Å². The van der Waals surface area contributed by atoms with Gasteiger partial charge in [0.15, 0.2) is 5.96 Å². The van der Waals surface area contributed by atoms with Crippen LogP contribution in [0, 0.1) is 0 Å². The zero-order valence-electron chi connectivity index (χ0n) is 17.7. The third kappa shape index (κ3) is 9.58. The number of nitrogens with zero attached hydrogens (tertiary/aromatic N) is 1. The number of aliphatic hydroxyl groups excluding tert-OH is 1. The average Bonchev–Trinajstić information content (AvgIpc) is 2.73. The van der Waals surface area contributed by atoms with Gasteiger partial charge in [0.25, 0.3) is 0 Å². The molecule has 2 aromatic carbocycles. The maximum absolute atomic E-state index is 11.8. The molecule has 0 saturated heterocycles. The van der Waals surface area contributed by atoms with Crippen molar-refractivity contribution in [3.63, 3.8) is 0 Å². The SMILES string of the molecule is CCCC(=O)Nc1cccc(CN=C(NCC)NCCC(O)c2ccccc2)c1.I. The molecule has 1 unspecified atom stereocenters. The van der Waals surface area contributed by atoms with Crippen LogP contribution in [0.15, 0.2) is 59.6 Å². The first kappa shape index (κ1) is 25.9. The predicted octanol–water partition coefficient (Wildman–Crippen LogP) is 4.22. The van der Waals surface area contributed by atoms with Crippen molar-refractivity contribution in [2.75, 3.05) is 18.4 Å². The van der Waals surface area contributed by atoms with Crippen LogP contribution in [-0.2, 0) is 11.3 Å². The lowest BCUT2D eigenvalue weighted by atomic mass is 10.1. The van der Waals surface area contributed by atoms with Gasteiger partial charge in [-0.1, -0.05) is 49.4 Å². The zero-order valence-corrected chi connectivity index (χ0v) is 20.1. The summed E-state index contributed by atoms with van der Waals surface area (Å²) in [6.07, 6.45) is 1.43. The van der Waals surface area contributed by atoms with E-state index in [1.807, 2.05) is 68.4 Å². The molecule has 0 fully saturated rings. The lowest BCUT2D eigenvalue weighted by Crippen LogP contribution is -2.38. The van der Waals surface area contributed by atoms with Crippen molar-refractivity contribution in [1.29, 1.82) is 0 Å². The molecule has 0 aliphatic rings. The normalized spacial score (nSPS) is 11.9. The number of carbonyl (C=O) groups excluding carboxylic acids is 1.